The molecule has 31 heavy (non-hydrogen) atoms. The van der Waals surface area contributed by atoms with Gasteiger partial charge in [-0.3, -0.25) is 4.79 Å². The quantitative estimate of drug-likeness (QED) is 0.439. The van der Waals surface area contributed by atoms with Gasteiger partial charge >= 0.3 is 0 Å². The minimum atomic E-state index is -0.216. The molecule has 0 aliphatic heterocycles. The smallest absolute Gasteiger partial charge is 0.250 e. The van der Waals surface area contributed by atoms with E-state index >= 15 is 0 Å². The Balaban J connectivity index is 1.34. The van der Waals surface area contributed by atoms with Gasteiger partial charge in [-0.05, 0) is 76.1 Å². The van der Waals surface area contributed by atoms with E-state index in [2.05, 4.69) is 52.7 Å². The topological polar surface area (TPSA) is 59.2 Å². The number of aryl methyl sites for hydroxylation is 1. The molecule has 0 radical (unpaired) electrons. The molecule has 3 aromatic rings. The molecule has 1 unspecified atom stereocenters. The first kappa shape index (κ1) is 21.7. The van der Waals surface area contributed by atoms with Gasteiger partial charge in [0.25, 0.3) is 5.89 Å². The van der Waals surface area contributed by atoms with Crippen molar-refractivity contribution in [2.45, 2.75) is 38.6 Å². The molecule has 2 heterocycles. The first-order valence-corrected chi connectivity index (χ1v) is 11.7. The van der Waals surface area contributed by atoms with Gasteiger partial charge in [0.2, 0.25) is 11.6 Å². The molecule has 2 aromatic heterocycles. The van der Waals surface area contributed by atoms with Gasteiger partial charge in [-0.25, -0.2) is 0 Å². The Labute approximate surface area is 187 Å². The highest BCUT2D eigenvalue weighted by Crippen LogP contribution is 2.41. The molecule has 6 heteroatoms. The number of ketones is 1. The summed E-state index contributed by atoms with van der Waals surface area (Å²) < 4.78 is 5.29. The van der Waals surface area contributed by atoms with Crippen LogP contribution in [0.3, 0.4) is 0 Å². The average Bonchev–Trinajstić information content (AvgIpc) is 3.46. The summed E-state index contributed by atoms with van der Waals surface area (Å²) in [5.41, 5.74) is 1.68. The zero-order chi connectivity index (χ0) is 21.8. The molecule has 5 nitrogen and oxygen atoms in total. The number of aromatic nitrogens is 2. The number of rotatable bonds is 7. The second-order valence-electron chi connectivity index (χ2n) is 8.61. The molecular formula is C25H29N3O2S. The largest absolute Gasteiger partial charge is 0.334 e. The third-order valence-electron chi connectivity index (χ3n) is 6.12. The van der Waals surface area contributed by atoms with Crippen LogP contribution in [0.15, 0.2) is 52.4 Å². The summed E-state index contributed by atoms with van der Waals surface area (Å²) in [7, 11) is 4.36. The molecule has 1 aromatic carbocycles. The van der Waals surface area contributed by atoms with E-state index in [1.54, 1.807) is 12.1 Å². The van der Waals surface area contributed by atoms with Gasteiger partial charge < -0.3 is 9.42 Å². The lowest BCUT2D eigenvalue weighted by Crippen LogP contribution is -2.29. The molecule has 1 aliphatic rings. The second-order valence-corrected chi connectivity index (χ2v) is 9.59. The first-order valence-electron chi connectivity index (χ1n) is 10.8. The van der Waals surface area contributed by atoms with Crippen LogP contribution in [-0.2, 0) is 0 Å². The Morgan fingerprint density at radius 3 is 2.55 bits per heavy atom. The highest BCUT2D eigenvalue weighted by molar-refractivity contribution is 7.10. The van der Waals surface area contributed by atoms with Gasteiger partial charge in [0, 0.05) is 16.5 Å². The fourth-order valence-corrected chi connectivity index (χ4v) is 5.48. The van der Waals surface area contributed by atoms with Crippen LogP contribution in [0.4, 0.5) is 0 Å². The number of benzene rings is 1. The van der Waals surface area contributed by atoms with Crippen molar-refractivity contribution in [3.63, 3.8) is 0 Å². The first-order chi connectivity index (χ1) is 15.0. The van der Waals surface area contributed by atoms with Crippen LogP contribution < -0.4 is 0 Å². The molecule has 0 spiro atoms. The van der Waals surface area contributed by atoms with Crippen molar-refractivity contribution in [3.05, 3.63) is 75.6 Å². The molecule has 1 fully saturated rings. The van der Waals surface area contributed by atoms with Crippen molar-refractivity contribution in [1.29, 1.82) is 0 Å². The molecule has 1 saturated carbocycles. The van der Waals surface area contributed by atoms with Crippen molar-refractivity contribution >= 4 is 23.2 Å². The maximum atomic E-state index is 12.5. The summed E-state index contributed by atoms with van der Waals surface area (Å²) >= 11 is 1.85. The molecule has 0 N–H and O–H groups in total. The number of hydrogen-bond acceptors (Lipinski definition) is 6. The summed E-state index contributed by atoms with van der Waals surface area (Å²) in [6, 6.07) is 12.3. The zero-order valence-electron chi connectivity index (χ0n) is 18.3. The van der Waals surface area contributed by atoms with Crippen molar-refractivity contribution < 1.29 is 9.32 Å². The van der Waals surface area contributed by atoms with E-state index in [9.17, 15) is 4.79 Å². The summed E-state index contributed by atoms with van der Waals surface area (Å²) in [5.74, 6) is 1.47. The van der Waals surface area contributed by atoms with Crippen LogP contribution in [0.2, 0.25) is 0 Å². The van der Waals surface area contributed by atoms with Crippen LogP contribution >= 0.6 is 11.3 Å². The fraction of sp³-hybridized carbons (Fsp3) is 0.400. The summed E-state index contributed by atoms with van der Waals surface area (Å²) in [6.07, 6.45) is 8.75. The lowest BCUT2D eigenvalue weighted by Gasteiger charge is -2.36. The maximum Gasteiger partial charge on any atom is 0.250 e. The van der Waals surface area contributed by atoms with Crippen molar-refractivity contribution in [1.82, 2.24) is 15.0 Å². The van der Waals surface area contributed by atoms with Gasteiger partial charge in [0.05, 0.1) is 0 Å². The molecule has 1 atom stereocenters. The van der Waals surface area contributed by atoms with Crippen molar-refractivity contribution in [2.75, 3.05) is 14.1 Å². The van der Waals surface area contributed by atoms with E-state index in [-0.39, 0.29) is 11.6 Å². The molecule has 1 aliphatic carbocycles. The number of carbonyl (C=O) groups excluding carboxylic acids is 1. The molecule has 4 rings (SSSR count). The van der Waals surface area contributed by atoms with Gasteiger partial charge in [-0.15, -0.1) is 11.3 Å². The van der Waals surface area contributed by atoms with Crippen LogP contribution in [0, 0.1) is 18.8 Å². The van der Waals surface area contributed by atoms with Crippen molar-refractivity contribution in [2.24, 2.45) is 11.8 Å². The van der Waals surface area contributed by atoms with E-state index in [4.69, 9.17) is 4.52 Å². The highest BCUT2D eigenvalue weighted by atomic mass is 32.1. The number of thiophene rings is 1. The summed E-state index contributed by atoms with van der Waals surface area (Å²) in [6.45, 7) is 1.99. The molecule has 0 amide bonds. The van der Waals surface area contributed by atoms with E-state index in [0.717, 1.165) is 18.4 Å². The minimum Gasteiger partial charge on any atom is -0.334 e. The Kier molecular flexibility index (Phi) is 6.78. The van der Waals surface area contributed by atoms with Crippen LogP contribution in [-0.4, -0.2) is 34.9 Å². The molecular weight excluding hydrogens is 406 g/mol. The van der Waals surface area contributed by atoms with Crippen molar-refractivity contribution in [3.8, 4) is 0 Å². The normalized spacial score (nSPS) is 20.4. The van der Waals surface area contributed by atoms with Gasteiger partial charge in [-0.2, -0.15) is 4.98 Å². The number of carbonyl (C=O) groups is 1. The van der Waals surface area contributed by atoms with Gasteiger partial charge in [0.15, 0.2) is 0 Å². The van der Waals surface area contributed by atoms with E-state index in [1.807, 2.05) is 36.5 Å². The molecule has 162 valence electrons. The summed E-state index contributed by atoms with van der Waals surface area (Å²) in [4.78, 5) is 20.6. The number of nitrogens with zero attached hydrogens (tertiary/aromatic N) is 3. The Bertz CT molecular complexity index is 1010. The Hall–Kier alpha value is -2.57. The maximum absolute atomic E-state index is 12.5. The standard InChI is InChI=1S/C25H29N3O2S/c1-17-6-11-20(12-7-17)24(29)25-26-22(30-27-25)15-10-18-8-13-19(14-9-18)23(28(2)3)21-5-4-16-31-21/h4-7,10-12,15-16,18-19,23H,8-9,13-14H2,1-3H3. The monoisotopic (exact) mass is 435 g/mol. The Morgan fingerprint density at radius 2 is 1.90 bits per heavy atom. The average molecular weight is 436 g/mol. The lowest BCUT2D eigenvalue weighted by atomic mass is 9.77. The summed E-state index contributed by atoms with van der Waals surface area (Å²) in [5, 5.41) is 6.04. The number of allylic oxidation sites excluding steroid dienone is 1. The van der Waals surface area contributed by atoms with E-state index in [1.165, 1.54) is 17.7 Å². The van der Waals surface area contributed by atoms with Crippen LogP contribution in [0.5, 0.6) is 0 Å². The van der Waals surface area contributed by atoms with Gasteiger partial charge in [0.1, 0.15) is 0 Å². The number of hydrogen-bond donors (Lipinski definition) is 0. The van der Waals surface area contributed by atoms with E-state index in [0.29, 0.717) is 29.3 Å². The third kappa shape index (κ3) is 5.20. The van der Waals surface area contributed by atoms with Crippen LogP contribution in [0.1, 0.15) is 64.2 Å². The highest BCUT2D eigenvalue weighted by Gasteiger charge is 2.29. The van der Waals surface area contributed by atoms with Gasteiger partial charge in [-0.1, -0.05) is 47.1 Å². The van der Waals surface area contributed by atoms with Crippen LogP contribution in [0.25, 0.3) is 6.08 Å². The third-order valence-corrected chi connectivity index (χ3v) is 7.07. The SMILES string of the molecule is Cc1ccc(C(=O)c2noc(C=CC3CCC(C(c4cccs4)N(C)C)CC3)n2)cc1. The Morgan fingerprint density at radius 1 is 1.16 bits per heavy atom. The molecule has 0 saturated heterocycles. The van der Waals surface area contributed by atoms with E-state index < -0.39 is 0 Å². The predicted molar refractivity (Wildman–Crippen MR) is 124 cm³/mol. The lowest BCUT2D eigenvalue weighted by molar-refractivity contribution is 0.102. The zero-order valence-corrected chi connectivity index (χ0v) is 19.1. The second kappa shape index (κ2) is 9.71. The predicted octanol–water partition coefficient (Wildman–Crippen LogP) is 5.79. The molecule has 0 bridgehead atoms. The minimum absolute atomic E-state index is 0.108. The fourth-order valence-electron chi connectivity index (χ4n) is 4.47.